The minimum atomic E-state index is -2.61. The van der Waals surface area contributed by atoms with Gasteiger partial charge in [0.25, 0.3) is 17.3 Å². The average molecular weight is 367 g/mol. The minimum Gasteiger partial charge on any atom is -0.376 e. The SMILES string of the molecule is O=c1c(NCc2ccccc2C(F)F)c(Nc2c[nH]c3ccccc23)c1=O. The molecule has 0 fully saturated rings. The summed E-state index contributed by atoms with van der Waals surface area (Å²) in [5, 5.41) is 6.67. The fourth-order valence-corrected chi connectivity index (χ4v) is 3.08. The number of fused-ring (bicyclic) bond motifs is 1. The first-order chi connectivity index (χ1) is 13.1. The van der Waals surface area contributed by atoms with E-state index in [1.54, 1.807) is 18.3 Å². The topological polar surface area (TPSA) is 74.0 Å². The van der Waals surface area contributed by atoms with Crippen LogP contribution in [0.15, 0.2) is 64.3 Å². The van der Waals surface area contributed by atoms with Crippen molar-refractivity contribution in [2.24, 2.45) is 0 Å². The molecule has 3 N–H and O–H groups in total. The first-order valence-corrected chi connectivity index (χ1v) is 8.32. The third-order valence-corrected chi connectivity index (χ3v) is 4.51. The van der Waals surface area contributed by atoms with E-state index in [2.05, 4.69) is 15.6 Å². The summed E-state index contributed by atoms with van der Waals surface area (Å²) in [4.78, 5) is 27.0. The number of halogens is 2. The van der Waals surface area contributed by atoms with Gasteiger partial charge >= 0.3 is 0 Å². The number of anilines is 3. The summed E-state index contributed by atoms with van der Waals surface area (Å²) in [6, 6.07) is 13.6. The maximum absolute atomic E-state index is 13.1. The summed E-state index contributed by atoms with van der Waals surface area (Å²) in [6.45, 7) is 0.0218. The molecule has 0 spiro atoms. The second kappa shape index (κ2) is 6.68. The molecule has 1 heterocycles. The summed E-state index contributed by atoms with van der Waals surface area (Å²) in [5.74, 6) is 0. The Morgan fingerprint density at radius 2 is 1.63 bits per heavy atom. The Bertz CT molecular complexity index is 1190. The smallest absolute Gasteiger partial charge is 0.264 e. The molecule has 0 aliphatic heterocycles. The van der Waals surface area contributed by atoms with Crippen LogP contribution in [0.25, 0.3) is 10.9 Å². The Kier molecular flexibility index (Phi) is 4.19. The number of nitrogens with one attached hydrogen (secondary N) is 3. The van der Waals surface area contributed by atoms with Crippen LogP contribution in [-0.2, 0) is 6.54 Å². The highest BCUT2D eigenvalue weighted by molar-refractivity contribution is 5.95. The lowest BCUT2D eigenvalue weighted by molar-refractivity contribution is 0.150. The molecule has 4 rings (SSSR count). The molecule has 0 aliphatic rings. The number of benzene rings is 2. The van der Waals surface area contributed by atoms with Gasteiger partial charge in [-0.2, -0.15) is 0 Å². The normalized spacial score (nSPS) is 11.4. The monoisotopic (exact) mass is 367 g/mol. The average Bonchev–Trinajstić information content (AvgIpc) is 3.10. The van der Waals surface area contributed by atoms with Gasteiger partial charge in [0.15, 0.2) is 0 Å². The van der Waals surface area contributed by atoms with Gasteiger partial charge < -0.3 is 15.6 Å². The number of hydrogen-bond acceptors (Lipinski definition) is 4. The Labute approximate surface area is 152 Å². The number of H-pyrrole nitrogens is 1. The van der Waals surface area contributed by atoms with E-state index in [4.69, 9.17) is 0 Å². The van der Waals surface area contributed by atoms with Crippen LogP contribution in [0.5, 0.6) is 0 Å². The van der Waals surface area contributed by atoms with Gasteiger partial charge in [0.05, 0.1) is 5.69 Å². The third-order valence-electron chi connectivity index (χ3n) is 4.51. The largest absolute Gasteiger partial charge is 0.376 e. The Morgan fingerprint density at radius 3 is 2.44 bits per heavy atom. The van der Waals surface area contributed by atoms with Crippen molar-refractivity contribution in [3.05, 3.63) is 86.3 Å². The van der Waals surface area contributed by atoms with E-state index in [0.29, 0.717) is 11.3 Å². The molecule has 4 aromatic rings. The van der Waals surface area contributed by atoms with Crippen molar-refractivity contribution < 1.29 is 8.78 Å². The predicted molar refractivity (Wildman–Crippen MR) is 102 cm³/mol. The standard InChI is InChI=1S/C20H15F2N3O2/c21-20(22)12-6-2-1-5-11(12)9-24-16-17(19(27)18(16)26)25-15-10-23-14-8-4-3-7-13(14)15/h1-8,10,20,23-25H,9H2. The Hall–Kier alpha value is -3.48. The van der Waals surface area contributed by atoms with Crippen molar-refractivity contribution in [1.82, 2.24) is 4.98 Å². The molecule has 5 nitrogen and oxygen atoms in total. The maximum Gasteiger partial charge on any atom is 0.264 e. The van der Waals surface area contributed by atoms with Crippen molar-refractivity contribution in [2.75, 3.05) is 10.6 Å². The van der Waals surface area contributed by atoms with E-state index >= 15 is 0 Å². The maximum atomic E-state index is 13.1. The van der Waals surface area contributed by atoms with Crippen LogP contribution in [0.1, 0.15) is 17.6 Å². The first kappa shape index (κ1) is 17.0. The fraction of sp³-hybridized carbons (Fsp3) is 0.100. The van der Waals surface area contributed by atoms with E-state index < -0.39 is 17.3 Å². The highest BCUT2D eigenvalue weighted by Gasteiger charge is 2.22. The summed E-state index contributed by atoms with van der Waals surface area (Å²) in [6.07, 6.45) is -0.906. The van der Waals surface area contributed by atoms with Crippen LogP contribution in [0.2, 0.25) is 0 Å². The highest BCUT2D eigenvalue weighted by Crippen LogP contribution is 2.28. The van der Waals surface area contributed by atoms with Crippen LogP contribution in [-0.4, -0.2) is 4.98 Å². The quantitative estimate of drug-likeness (QED) is 0.450. The highest BCUT2D eigenvalue weighted by atomic mass is 19.3. The van der Waals surface area contributed by atoms with E-state index in [9.17, 15) is 18.4 Å². The number of hydrogen-bond donors (Lipinski definition) is 3. The molecule has 0 bridgehead atoms. The van der Waals surface area contributed by atoms with Crippen LogP contribution < -0.4 is 21.5 Å². The molecule has 136 valence electrons. The third kappa shape index (κ3) is 2.97. The Balaban J connectivity index is 1.59. The molecular weight excluding hydrogens is 352 g/mol. The molecule has 0 saturated heterocycles. The number of alkyl halides is 2. The van der Waals surface area contributed by atoms with E-state index in [1.165, 1.54) is 12.1 Å². The van der Waals surface area contributed by atoms with E-state index in [0.717, 1.165) is 10.9 Å². The molecule has 0 unspecified atom stereocenters. The summed E-state index contributed by atoms with van der Waals surface area (Å²) < 4.78 is 26.2. The lowest BCUT2D eigenvalue weighted by atomic mass is 10.1. The summed E-state index contributed by atoms with van der Waals surface area (Å²) in [5.41, 5.74) is 0.770. The van der Waals surface area contributed by atoms with Gasteiger partial charge in [-0.3, -0.25) is 9.59 Å². The number of aromatic amines is 1. The van der Waals surface area contributed by atoms with Gasteiger partial charge in [-0.15, -0.1) is 0 Å². The minimum absolute atomic E-state index is 0.0218. The molecule has 1 aromatic heterocycles. The first-order valence-electron chi connectivity index (χ1n) is 8.32. The van der Waals surface area contributed by atoms with Gasteiger partial charge in [-0.1, -0.05) is 42.5 Å². The molecule has 0 amide bonds. The second-order valence-corrected chi connectivity index (χ2v) is 6.13. The van der Waals surface area contributed by atoms with Crippen molar-refractivity contribution >= 4 is 28.0 Å². The zero-order valence-corrected chi connectivity index (χ0v) is 14.1. The molecule has 7 heteroatoms. The van der Waals surface area contributed by atoms with Gasteiger partial charge in [-0.05, 0) is 11.6 Å². The van der Waals surface area contributed by atoms with Gasteiger partial charge in [0.1, 0.15) is 11.4 Å². The molecule has 0 saturated carbocycles. The summed E-state index contributed by atoms with van der Waals surface area (Å²) in [7, 11) is 0. The van der Waals surface area contributed by atoms with Gasteiger partial charge in [0.2, 0.25) is 0 Å². The van der Waals surface area contributed by atoms with Crippen molar-refractivity contribution in [1.29, 1.82) is 0 Å². The van der Waals surface area contributed by atoms with Crippen LogP contribution >= 0.6 is 0 Å². The molecule has 0 radical (unpaired) electrons. The van der Waals surface area contributed by atoms with Gasteiger partial charge in [0, 0.05) is 29.2 Å². The van der Waals surface area contributed by atoms with Crippen molar-refractivity contribution in [2.45, 2.75) is 13.0 Å². The summed E-state index contributed by atoms with van der Waals surface area (Å²) >= 11 is 0. The van der Waals surface area contributed by atoms with E-state index in [1.807, 2.05) is 24.3 Å². The molecule has 3 aromatic carbocycles. The Morgan fingerprint density at radius 1 is 0.926 bits per heavy atom. The predicted octanol–water partition coefficient (Wildman–Crippen LogP) is 4.06. The lowest BCUT2D eigenvalue weighted by Crippen LogP contribution is -2.36. The van der Waals surface area contributed by atoms with Crippen LogP contribution in [0.4, 0.5) is 25.8 Å². The molecular formula is C20H15F2N3O2. The second-order valence-electron chi connectivity index (χ2n) is 6.13. The zero-order valence-electron chi connectivity index (χ0n) is 14.1. The lowest BCUT2D eigenvalue weighted by Gasteiger charge is -2.16. The van der Waals surface area contributed by atoms with Gasteiger partial charge in [-0.25, -0.2) is 8.78 Å². The number of rotatable bonds is 6. The van der Waals surface area contributed by atoms with Crippen molar-refractivity contribution in [3.63, 3.8) is 0 Å². The zero-order chi connectivity index (χ0) is 19.0. The fourth-order valence-electron chi connectivity index (χ4n) is 3.08. The molecule has 0 atom stereocenters. The van der Waals surface area contributed by atoms with E-state index in [-0.39, 0.29) is 23.5 Å². The van der Waals surface area contributed by atoms with Crippen LogP contribution in [0, 0.1) is 0 Å². The number of para-hydroxylation sites is 1. The number of aromatic nitrogens is 1. The van der Waals surface area contributed by atoms with Crippen molar-refractivity contribution in [3.8, 4) is 0 Å². The molecule has 0 aliphatic carbocycles. The molecule has 27 heavy (non-hydrogen) atoms. The van der Waals surface area contributed by atoms with Crippen LogP contribution in [0.3, 0.4) is 0 Å².